The van der Waals surface area contributed by atoms with Gasteiger partial charge in [0.1, 0.15) is 0 Å². The first-order valence-corrected chi connectivity index (χ1v) is 8.78. The lowest BCUT2D eigenvalue weighted by atomic mass is 10.2. The van der Waals surface area contributed by atoms with E-state index in [2.05, 4.69) is 0 Å². The van der Waals surface area contributed by atoms with Crippen molar-refractivity contribution >= 4 is 23.6 Å². The first-order valence-electron chi connectivity index (χ1n) is 8.40. The van der Waals surface area contributed by atoms with E-state index >= 15 is 0 Å². The van der Waals surface area contributed by atoms with Crippen molar-refractivity contribution in [1.29, 1.82) is 5.26 Å². The summed E-state index contributed by atoms with van der Waals surface area (Å²) in [7, 11) is 2.94. The van der Waals surface area contributed by atoms with Crippen molar-refractivity contribution in [2.75, 3.05) is 14.2 Å². The Morgan fingerprint density at radius 3 is 2.43 bits per heavy atom. The Morgan fingerprint density at radius 2 is 1.82 bits per heavy atom. The highest BCUT2D eigenvalue weighted by Gasteiger charge is 2.13. The number of esters is 1. The van der Waals surface area contributed by atoms with Crippen molar-refractivity contribution in [3.05, 3.63) is 52.6 Å². The van der Waals surface area contributed by atoms with Gasteiger partial charge in [0.2, 0.25) is 0 Å². The molecule has 0 aromatic heterocycles. The third-order valence-electron chi connectivity index (χ3n) is 3.52. The van der Waals surface area contributed by atoms with Gasteiger partial charge in [-0.2, -0.15) is 5.26 Å². The highest BCUT2D eigenvalue weighted by molar-refractivity contribution is 6.32. The molecule has 2 aromatic rings. The molecule has 2 aromatic carbocycles. The van der Waals surface area contributed by atoms with E-state index in [-0.39, 0.29) is 11.9 Å². The predicted octanol–water partition coefficient (Wildman–Crippen LogP) is 4.63. The van der Waals surface area contributed by atoms with Gasteiger partial charge < -0.3 is 18.9 Å². The highest BCUT2D eigenvalue weighted by Crippen LogP contribution is 2.37. The largest absolute Gasteiger partial charge is 0.493 e. The molecule has 0 bridgehead atoms. The summed E-state index contributed by atoms with van der Waals surface area (Å²) in [5, 5.41) is 9.29. The maximum atomic E-state index is 12.1. The molecule has 0 aliphatic heterocycles. The summed E-state index contributed by atoms with van der Waals surface area (Å²) in [6.07, 6.45) is 2.74. The van der Waals surface area contributed by atoms with Crippen molar-refractivity contribution in [3.8, 4) is 29.1 Å². The van der Waals surface area contributed by atoms with E-state index in [1.165, 1.54) is 38.5 Å². The van der Waals surface area contributed by atoms with Gasteiger partial charge in [0.05, 0.1) is 37.0 Å². The number of hydrogen-bond acceptors (Lipinski definition) is 6. The molecule has 28 heavy (non-hydrogen) atoms. The minimum absolute atomic E-state index is 0.0647. The average Bonchev–Trinajstić information content (AvgIpc) is 2.68. The third-order valence-corrected chi connectivity index (χ3v) is 3.80. The number of rotatable bonds is 7. The number of nitrogens with zero attached hydrogens (tertiary/aromatic N) is 1. The maximum absolute atomic E-state index is 12.1. The summed E-state index contributed by atoms with van der Waals surface area (Å²) in [4.78, 5) is 12.1. The smallest absolute Gasteiger partial charge is 0.336 e. The van der Waals surface area contributed by atoms with Crippen molar-refractivity contribution in [2.45, 2.75) is 20.0 Å². The Kier molecular flexibility index (Phi) is 7.30. The standard InChI is InChI=1S/C21H20ClNO5/c1-13(2)27-21-16(22)9-14(10-19(21)26-4)6-8-20(24)28-17-7-5-15(12-23)11-18(17)25-3/h5-11,13H,1-4H3/b8-6+. The van der Waals surface area contributed by atoms with Crippen LogP contribution in [0, 0.1) is 11.3 Å². The zero-order valence-electron chi connectivity index (χ0n) is 16.0. The molecular weight excluding hydrogens is 382 g/mol. The zero-order valence-corrected chi connectivity index (χ0v) is 16.7. The zero-order chi connectivity index (χ0) is 20.7. The second-order valence-corrected chi connectivity index (χ2v) is 6.34. The minimum Gasteiger partial charge on any atom is -0.493 e. The molecule has 0 saturated heterocycles. The molecule has 0 heterocycles. The SMILES string of the molecule is COc1cc(C#N)ccc1OC(=O)/C=C/c1cc(Cl)c(OC(C)C)c(OC)c1. The van der Waals surface area contributed by atoms with E-state index in [1.807, 2.05) is 19.9 Å². The number of ether oxygens (including phenoxy) is 4. The van der Waals surface area contributed by atoms with Crippen molar-refractivity contribution in [3.63, 3.8) is 0 Å². The Labute approximate surface area is 168 Å². The third kappa shape index (κ3) is 5.41. The normalized spacial score (nSPS) is 10.6. The fourth-order valence-electron chi connectivity index (χ4n) is 2.31. The molecule has 0 radical (unpaired) electrons. The van der Waals surface area contributed by atoms with Crippen molar-refractivity contribution in [1.82, 2.24) is 0 Å². The molecule has 146 valence electrons. The average molecular weight is 402 g/mol. The number of benzene rings is 2. The molecule has 0 atom stereocenters. The van der Waals surface area contributed by atoms with Gasteiger partial charge in [0.15, 0.2) is 23.0 Å². The molecule has 0 spiro atoms. The van der Waals surface area contributed by atoms with Crippen LogP contribution in [0.5, 0.6) is 23.0 Å². The second-order valence-electron chi connectivity index (χ2n) is 5.93. The van der Waals surface area contributed by atoms with Crippen LogP contribution in [-0.2, 0) is 4.79 Å². The molecule has 0 aliphatic rings. The Hall–Kier alpha value is -3.17. The summed E-state index contributed by atoms with van der Waals surface area (Å²) < 4.78 is 21.4. The van der Waals surface area contributed by atoms with Crippen LogP contribution in [0.4, 0.5) is 0 Å². The Bertz CT molecular complexity index is 931. The molecule has 2 rings (SSSR count). The lowest BCUT2D eigenvalue weighted by molar-refractivity contribution is -0.129. The van der Waals surface area contributed by atoms with E-state index < -0.39 is 5.97 Å². The number of nitriles is 1. The van der Waals surface area contributed by atoms with Crippen molar-refractivity contribution in [2.24, 2.45) is 0 Å². The summed E-state index contributed by atoms with van der Waals surface area (Å²) in [6.45, 7) is 3.77. The molecule has 7 heteroatoms. The quantitative estimate of drug-likeness (QED) is 0.382. The maximum Gasteiger partial charge on any atom is 0.336 e. The molecule has 0 fully saturated rings. The first-order chi connectivity index (χ1) is 13.4. The summed E-state index contributed by atoms with van der Waals surface area (Å²) >= 11 is 6.27. The minimum atomic E-state index is -0.611. The second kappa shape index (κ2) is 9.67. The number of halogens is 1. The summed E-state index contributed by atoms with van der Waals surface area (Å²) in [5.41, 5.74) is 1.04. The Morgan fingerprint density at radius 1 is 1.11 bits per heavy atom. The number of carbonyl (C=O) groups excluding carboxylic acids is 1. The number of methoxy groups -OCH3 is 2. The molecule has 0 N–H and O–H groups in total. The summed E-state index contributed by atoms with van der Waals surface area (Å²) in [6, 6.07) is 9.88. The van der Waals surface area contributed by atoms with Crippen LogP contribution in [-0.4, -0.2) is 26.3 Å². The monoisotopic (exact) mass is 401 g/mol. The van der Waals surface area contributed by atoms with Crippen LogP contribution in [0.3, 0.4) is 0 Å². The van der Waals surface area contributed by atoms with E-state index in [1.54, 1.807) is 18.2 Å². The number of carbonyl (C=O) groups is 1. The summed E-state index contributed by atoms with van der Waals surface area (Å²) in [5.74, 6) is 0.804. The van der Waals surface area contributed by atoms with Crippen LogP contribution < -0.4 is 18.9 Å². The van der Waals surface area contributed by atoms with Crippen LogP contribution in [0.25, 0.3) is 6.08 Å². The van der Waals surface area contributed by atoms with E-state index in [4.69, 9.17) is 35.8 Å². The van der Waals surface area contributed by atoms with Gasteiger partial charge >= 0.3 is 5.97 Å². The van der Waals surface area contributed by atoms with Crippen molar-refractivity contribution < 1.29 is 23.7 Å². The lowest BCUT2D eigenvalue weighted by Gasteiger charge is -2.15. The van der Waals surface area contributed by atoms with Gasteiger partial charge in [-0.25, -0.2) is 4.79 Å². The molecule has 6 nitrogen and oxygen atoms in total. The molecule has 0 aliphatic carbocycles. The number of hydrogen-bond donors (Lipinski definition) is 0. The van der Waals surface area contributed by atoms with Crippen LogP contribution in [0.15, 0.2) is 36.4 Å². The fraction of sp³-hybridized carbons (Fsp3) is 0.238. The van der Waals surface area contributed by atoms with E-state index in [0.717, 1.165) is 0 Å². The van der Waals surface area contributed by atoms with Gasteiger partial charge in [-0.1, -0.05) is 11.6 Å². The lowest BCUT2D eigenvalue weighted by Crippen LogP contribution is -2.07. The van der Waals surface area contributed by atoms with Gasteiger partial charge in [-0.15, -0.1) is 0 Å². The van der Waals surface area contributed by atoms with Crippen LogP contribution >= 0.6 is 11.6 Å². The molecule has 0 unspecified atom stereocenters. The molecule has 0 saturated carbocycles. The Balaban J connectivity index is 2.18. The van der Waals surface area contributed by atoms with Crippen LogP contribution in [0.2, 0.25) is 5.02 Å². The van der Waals surface area contributed by atoms with Gasteiger partial charge in [-0.05, 0) is 49.8 Å². The fourth-order valence-corrected chi connectivity index (χ4v) is 2.58. The van der Waals surface area contributed by atoms with E-state index in [9.17, 15) is 4.79 Å². The van der Waals surface area contributed by atoms with Gasteiger partial charge in [0, 0.05) is 12.1 Å². The van der Waals surface area contributed by atoms with Gasteiger partial charge in [0.25, 0.3) is 0 Å². The predicted molar refractivity (Wildman–Crippen MR) is 106 cm³/mol. The molecular formula is C21H20ClNO5. The molecule has 0 amide bonds. The highest BCUT2D eigenvalue weighted by atomic mass is 35.5. The van der Waals surface area contributed by atoms with Gasteiger partial charge in [-0.3, -0.25) is 0 Å². The van der Waals surface area contributed by atoms with E-state index in [0.29, 0.717) is 33.4 Å². The van der Waals surface area contributed by atoms with Crippen LogP contribution in [0.1, 0.15) is 25.0 Å². The first kappa shape index (κ1) is 21.1. The topological polar surface area (TPSA) is 77.8 Å².